The summed E-state index contributed by atoms with van der Waals surface area (Å²) < 4.78 is 22.4. The standard InChI is InChI=1S/C16H29NO6/c18-15-3-1-5-16(22-13-14-23-16)6-7-17(19)8-10-21-12-11-20-9-2-4-15/h19H,1-14H2. The van der Waals surface area contributed by atoms with Crippen LogP contribution in [0, 0.1) is 0 Å². The highest BCUT2D eigenvalue weighted by Gasteiger charge is 2.36. The molecule has 2 aliphatic rings. The molecule has 0 aromatic heterocycles. The third-order valence-electron chi connectivity index (χ3n) is 4.19. The zero-order valence-electron chi connectivity index (χ0n) is 13.8. The maximum absolute atomic E-state index is 11.9. The fraction of sp³-hybridized carbons (Fsp3) is 0.938. The number of carbonyl (C=O) groups excluding carboxylic acids is 1. The van der Waals surface area contributed by atoms with Crippen LogP contribution in [-0.2, 0) is 23.7 Å². The molecule has 2 rings (SSSR count). The molecule has 2 saturated heterocycles. The number of rotatable bonds is 0. The fourth-order valence-electron chi connectivity index (χ4n) is 2.87. The normalized spacial score (nSPS) is 27.1. The highest BCUT2D eigenvalue weighted by atomic mass is 16.7. The van der Waals surface area contributed by atoms with Crippen molar-refractivity contribution < 1.29 is 28.9 Å². The Kier molecular flexibility index (Phi) is 8.43. The van der Waals surface area contributed by atoms with Gasteiger partial charge in [-0.2, -0.15) is 5.06 Å². The van der Waals surface area contributed by atoms with Gasteiger partial charge in [0, 0.05) is 45.4 Å². The lowest BCUT2D eigenvalue weighted by Gasteiger charge is -2.29. The minimum absolute atomic E-state index is 0.256. The molecule has 134 valence electrons. The minimum Gasteiger partial charge on any atom is -0.379 e. The second kappa shape index (κ2) is 10.3. The van der Waals surface area contributed by atoms with Gasteiger partial charge in [-0.15, -0.1) is 0 Å². The molecular weight excluding hydrogens is 302 g/mol. The number of Topliss-reactive ketones (excluding diaryl/α,β-unsaturated/α-hetero) is 1. The van der Waals surface area contributed by atoms with Crippen LogP contribution in [0.1, 0.15) is 38.5 Å². The first-order chi connectivity index (χ1) is 11.2. The molecule has 23 heavy (non-hydrogen) atoms. The quantitative estimate of drug-likeness (QED) is 0.718. The van der Waals surface area contributed by atoms with Gasteiger partial charge >= 0.3 is 0 Å². The molecule has 2 fully saturated rings. The van der Waals surface area contributed by atoms with Gasteiger partial charge in [0.1, 0.15) is 5.78 Å². The maximum Gasteiger partial charge on any atom is 0.169 e. The van der Waals surface area contributed by atoms with Crippen molar-refractivity contribution in [1.29, 1.82) is 0 Å². The van der Waals surface area contributed by atoms with Gasteiger partial charge in [-0.1, -0.05) is 0 Å². The highest BCUT2D eigenvalue weighted by molar-refractivity contribution is 5.78. The van der Waals surface area contributed by atoms with E-state index in [9.17, 15) is 10.0 Å². The summed E-state index contributed by atoms with van der Waals surface area (Å²) in [5, 5.41) is 11.1. The van der Waals surface area contributed by atoms with Gasteiger partial charge in [0.05, 0.1) is 33.0 Å². The van der Waals surface area contributed by atoms with Crippen molar-refractivity contribution in [1.82, 2.24) is 5.06 Å². The second-order valence-electron chi connectivity index (χ2n) is 6.03. The Hall–Kier alpha value is -0.570. The van der Waals surface area contributed by atoms with E-state index >= 15 is 0 Å². The van der Waals surface area contributed by atoms with E-state index in [1.165, 1.54) is 5.06 Å². The topological polar surface area (TPSA) is 77.5 Å². The van der Waals surface area contributed by atoms with Gasteiger partial charge in [-0.3, -0.25) is 4.79 Å². The molecule has 0 aromatic carbocycles. The van der Waals surface area contributed by atoms with Crippen LogP contribution in [0.5, 0.6) is 0 Å². The first kappa shape index (κ1) is 18.8. The molecule has 0 unspecified atom stereocenters. The molecule has 1 spiro atoms. The van der Waals surface area contributed by atoms with Crippen molar-refractivity contribution in [2.75, 3.05) is 52.7 Å². The Bertz CT molecular complexity index is 345. The highest BCUT2D eigenvalue weighted by Crippen LogP contribution is 2.29. The summed E-state index contributed by atoms with van der Waals surface area (Å²) in [7, 11) is 0. The number of hydrogen-bond donors (Lipinski definition) is 1. The Morgan fingerprint density at radius 1 is 0.826 bits per heavy atom. The van der Waals surface area contributed by atoms with Crippen LogP contribution in [0.15, 0.2) is 0 Å². The Labute approximate surface area is 137 Å². The van der Waals surface area contributed by atoms with Crippen molar-refractivity contribution >= 4 is 5.78 Å². The van der Waals surface area contributed by atoms with Gasteiger partial charge in [-0.05, 0) is 12.8 Å². The molecule has 0 aromatic rings. The zero-order valence-corrected chi connectivity index (χ0v) is 13.8. The molecule has 7 heteroatoms. The van der Waals surface area contributed by atoms with E-state index in [4.69, 9.17) is 18.9 Å². The van der Waals surface area contributed by atoms with E-state index < -0.39 is 5.79 Å². The lowest BCUT2D eigenvalue weighted by Crippen LogP contribution is -2.36. The molecular formula is C16H29NO6. The average Bonchev–Trinajstić information content (AvgIpc) is 3.00. The van der Waals surface area contributed by atoms with E-state index in [2.05, 4.69) is 0 Å². The third-order valence-corrected chi connectivity index (χ3v) is 4.19. The Morgan fingerprint density at radius 2 is 1.52 bits per heavy atom. The molecule has 0 radical (unpaired) electrons. The second-order valence-corrected chi connectivity index (χ2v) is 6.03. The van der Waals surface area contributed by atoms with Crippen LogP contribution in [0.4, 0.5) is 0 Å². The molecule has 0 amide bonds. The SMILES string of the molecule is O=C1CCCOCCOCCN(O)CCC2(CCC1)OCCO2. The van der Waals surface area contributed by atoms with Crippen LogP contribution in [0.3, 0.4) is 0 Å². The fourth-order valence-corrected chi connectivity index (χ4v) is 2.87. The number of hydrogen-bond acceptors (Lipinski definition) is 7. The summed E-state index contributed by atoms with van der Waals surface area (Å²) in [5.74, 6) is -0.398. The summed E-state index contributed by atoms with van der Waals surface area (Å²) in [6.07, 6.45) is 3.86. The minimum atomic E-state index is -0.654. The van der Waals surface area contributed by atoms with Crippen LogP contribution < -0.4 is 0 Å². The van der Waals surface area contributed by atoms with Crippen molar-refractivity contribution in [3.8, 4) is 0 Å². The predicted octanol–water partition coefficient (Wildman–Crippen LogP) is 1.38. The number of ketones is 1. The molecule has 1 N–H and O–H groups in total. The summed E-state index contributed by atoms with van der Waals surface area (Å²) in [4.78, 5) is 11.9. The monoisotopic (exact) mass is 331 g/mol. The molecule has 2 heterocycles. The van der Waals surface area contributed by atoms with Crippen LogP contribution in [0.25, 0.3) is 0 Å². The number of nitrogens with zero attached hydrogens (tertiary/aromatic N) is 1. The van der Waals surface area contributed by atoms with Crippen LogP contribution >= 0.6 is 0 Å². The van der Waals surface area contributed by atoms with Crippen LogP contribution in [0.2, 0.25) is 0 Å². The lowest BCUT2D eigenvalue weighted by molar-refractivity contribution is -0.188. The van der Waals surface area contributed by atoms with E-state index in [-0.39, 0.29) is 5.78 Å². The van der Waals surface area contributed by atoms with Crippen molar-refractivity contribution in [3.63, 3.8) is 0 Å². The van der Waals surface area contributed by atoms with Gasteiger partial charge in [-0.25, -0.2) is 0 Å². The van der Waals surface area contributed by atoms with E-state index in [0.717, 1.165) is 12.8 Å². The number of ether oxygens (including phenoxy) is 4. The smallest absolute Gasteiger partial charge is 0.169 e. The average molecular weight is 331 g/mol. The summed E-state index contributed by atoms with van der Waals surface area (Å²) in [6.45, 7) is 4.08. The van der Waals surface area contributed by atoms with E-state index in [1.54, 1.807) is 0 Å². The lowest BCUT2D eigenvalue weighted by atomic mass is 10.0. The van der Waals surface area contributed by atoms with E-state index in [1.807, 2.05) is 0 Å². The number of carbonyl (C=O) groups is 1. The Morgan fingerprint density at radius 3 is 2.30 bits per heavy atom. The first-order valence-corrected chi connectivity index (χ1v) is 8.59. The molecule has 0 atom stereocenters. The molecule has 7 nitrogen and oxygen atoms in total. The Balaban J connectivity index is 1.83. The van der Waals surface area contributed by atoms with Gasteiger partial charge in [0.25, 0.3) is 0 Å². The summed E-state index contributed by atoms with van der Waals surface area (Å²) >= 11 is 0. The molecule has 0 saturated carbocycles. The summed E-state index contributed by atoms with van der Waals surface area (Å²) in [5.41, 5.74) is 0. The van der Waals surface area contributed by atoms with Crippen LogP contribution in [-0.4, -0.2) is 74.6 Å². The first-order valence-electron chi connectivity index (χ1n) is 8.59. The van der Waals surface area contributed by atoms with E-state index in [0.29, 0.717) is 78.4 Å². The van der Waals surface area contributed by atoms with Crippen molar-refractivity contribution in [2.24, 2.45) is 0 Å². The van der Waals surface area contributed by atoms with Crippen molar-refractivity contribution in [2.45, 2.75) is 44.3 Å². The molecule has 0 aliphatic carbocycles. The third kappa shape index (κ3) is 7.24. The van der Waals surface area contributed by atoms with Gasteiger partial charge < -0.3 is 24.2 Å². The maximum atomic E-state index is 11.9. The van der Waals surface area contributed by atoms with Gasteiger partial charge in [0.15, 0.2) is 5.79 Å². The molecule has 0 bridgehead atoms. The van der Waals surface area contributed by atoms with Crippen molar-refractivity contribution in [3.05, 3.63) is 0 Å². The zero-order chi connectivity index (χ0) is 16.4. The molecule has 2 aliphatic heterocycles. The van der Waals surface area contributed by atoms with Gasteiger partial charge in [0.2, 0.25) is 0 Å². The predicted molar refractivity (Wildman–Crippen MR) is 82.3 cm³/mol. The number of hydroxylamine groups is 2. The largest absolute Gasteiger partial charge is 0.379 e. The summed E-state index contributed by atoms with van der Waals surface area (Å²) in [6, 6.07) is 0.